The Labute approximate surface area is 115 Å². The van der Waals surface area contributed by atoms with Crippen molar-refractivity contribution in [3.05, 3.63) is 0 Å². The maximum atomic E-state index is 11.5. The van der Waals surface area contributed by atoms with Crippen molar-refractivity contribution in [2.45, 2.75) is 26.7 Å². The van der Waals surface area contributed by atoms with E-state index in [1.807, 2.05) is 0 Å². The van der Waals surface area contributed by atoms with Crippen molar-refractivity contribution in [2.24, 2.45) is 17.3 Å². The van der Waals surface area contributed by atoms with Crippen LogP contribution >= 0.6 is 0 Å². The standard InChI is InChI=1S/C13H26O5S/c1-11(2)7-18-5-4-13(9-14,10-15)12-3-6-19(16,17)8-12/h11-12,14-15H,3-10H2,1-2H3. The van der Waals surface area contributed by atoms with Gasteiger partial charge in [0.2, 0.25) is 0 Å². The topological polar surface area (TPSA) is 83.8 Å². The highest BCUT2D eigenvalue weighted by Crippen LogP contribution is 2.38. The van der Waals surface area contributed by atoms with E-state index in [-0.39, 0.29) is 30.6 Å². The van der Waals surface area contributed by atoms with Crippen LogP contribution in [0.2, 0.25) is 0 Å². The Kier molecular flexibility index (Phi) is 6.23. The molecule has 5 nitrogen and oxygen atoms in total. The first kappa shape index (κ1) is 16.9. The largest absolute Gasteiger partial charge is 0.396 e. The zero-order valence-corrected chi connectivity index (χ0v) is 12.7. The van der Waals surface area contributed by atoms with Crippen LogP contribution in [-0.4, -0.2) is 56.6 Å². The highest BCUT2D eigenvalue weighted by molar-refractivity contribution is 7.91. The molecule has 1 fully saturated rings. The summed E-state index contributed by atoms with van der Waals surface area (Å²) in [6, 6.07) is 0. The Morgan fingerprint density at radius 3 is 2.37 bits per heavy atom. The summed E-state index contributed by atoms with van der Waals surface area (Å²) >= 11 is 0. The van der Waals surface area contributed by atoms with Crippen LogP contribution in [0.25, 0.3) is 0 Å². The fourth-order valence-electron chi connectivity index (χ4n) is 2.54. The molecule has 6 heteroatoms. The third kappa shape index (κ3) is 4.70. The summed E-state index contributed by atoms with van der Waals surface area (Å²) in [4.78, 5) is 0. The second kappa shape index (κ2) is 7.02. The van der Waals surface area contributed by atoms with Gasteiger partial charge in [0.1, 0.15) is 0 Å². The Morgan fingerprint density at radius 1 is 1.32 bits per heavy atom. The van der Waals surface area contributed by atoms with Crippen molar-refractivity contribution >= 4 is 9.84 Å². The van der Waals surface area contributed by atoms with Crippen LogP contribution in [0, 0.1) is 17.3 Å². The number of aliphatic hydroxyl groups is 2. The van der Waals surface area contributed by atoms with Gasteiger partial charge in [0.15, 0.2) is 9.84 Å². The molecule has 0 saturated carbocycles. The molecule has 1 heterocycles. The summed E-state index contributed by atoms with van der Waals surface area (Å²) in [5.41, 5.74) is -0.736. The van der Waals surface area contributed by atoms with Gasteiger partial charge in [0.25, 0.3) is 0 Å². The molecule has 2 N–H and O–H groups in total. The van der Waals surface area contributed by atoms with Crippen LogP contribution in [0.3, 0.4) is 0 Å². The number of sulfone groups is 1. The highest BCUT2D eigenvalue weighted by Gasteiger charge is 2.43. The minimum atomic E-state index is -3.01. The lowest BCUT2D eigenvalue weighted by Gasteiger charge is -2.35. The van der Waals surface area contributed by atoms with Crippen LogP contribution in [0.4, 0.5) is 0 Å². The highest BCUT2D eigenvalue weighted by atomic mass is 32.2. The lowest BCUT2D eigenvalue weighted by atomic mass is 9.74. The van der Waals surface area contributed by atoms with E-state index in [1.165, 1.54) is 0 Å². The van der Waals surface area contributed by atoms with Crippen LogP contribution < -0.4 is 0 Å². The Bertz CT molecular complexity index is 359. The third-order valence-electron chi connectivity index (χ3n) is 3.92. The van der Waals surface area contributed by atoms with Gasteiger partial charge >= 0.3 is 0 Å². The molecule has 0 spiro atoms. The summed E-state index contributed by atoms with van der Waals surface area (Å²) < 4.78 is 28.6. The van der Waals surface area contributed by atoms with E-state index in [1.54, 1.807) is 0 Å². The van der Waals surface area contributed by atoms with Crippen LogP contribution in [-0.2, 0) is 14.6 Å². The van der Waals surface area contributed by atoms with E-state index >= 15 is 0 Å². The van der Waals surface area contributed by atoms with Crippen molar-refractivity contribution in [3.8, 4) is 0 Å². The molecule has 0 aromatic carbocycles. The molecule has 0 amide bonds. The molecule has 1 atom stereocenters. The lowest BCUT2D eigenvalue weighted by molar-refractivity contribution is -0.0210. The van der Waals surface area contributed by atoms with E-state index in [4.69, 9.17) is 4.74 Å². The fourth-order valence-corrected chi connectivity index (χ4v) is 4.49. The lowest BCUT2D eigenvalue weighted by Crippen LogP contribution is -2.40. The molecule has 1 unspecified atom stereocenters. The molecule has 114 valence electrons. The zero-order chi connectivity index (χ0) is 14.5. The first-order valence-corrected chi connectivity index (χ1v) is 8.67. The van der Waals surface area contributed by atoms with Gasteiger partial charge in [0.05, 0.1) is 24.7 Å². The number of rotatable bonds is 8. The molecular weight excluding hydrogens is 268 g/mol. The summed E-state index contributed by atoms with van der Waals surface area (Å²) in [6.45, 7) is 4.78. The summed E-state index contributed by atoms with van der Waals surface area (Å²) in [5.74, 6) is 0.490. The van der Waals surface area contributed by atoms with E-state index < -0.39 is 15.3 Å². The van der Waals surface area contributed by atoms with Gasteiger partial charge in [0, 0.05) is 18.6 Å². The first-order chi connectivity index (χ1) is 8.85. The number of ether oxygens (including phenoxy) is 1. The Morgan fingerprint density at radius 2 is 1.95 bits per heavy atom. The molecule has 19 heavy (non-hydrogen) atoms. The minimum absolute atomic E-state index is 0.0678. The fraction of sp³-hybridized carbons (Fsp3) is 1.00. The van der Waals surface area contributed by atoms with Gasteiger partial charge in [-0.25, -0.2) is 8.42 Å². The Balaban J connectivity index is 2.59. The summed E-state index contributed by atoms with van der Waals surface area (Å²) in [5, 5.41) is 19.2. The molecule has 0 radical (unpaired) electrons. The van der Waals surface area contributed by atoms with Crippen LogP contribution in [0.5, 0.6) is 0 Å². The zero-order valence-electron chi connectivity index (χ0n) is 11.8. The van der Waals surface area contributed by atoms with Crippen LogP contribution in [0.1, 0.15) is 26.7 Å². The Hall–Kier alpha value is -0.170. The van der Waals surface area contributed by atoms with E-state index in [0.29, 0.717) is 32.0 Å². The average Bonchev–Trinajstić information content (AvgIpc) is 2.71. The molecule has 1 saturated heterocycles. The number of hydrogen-bond acceptors (Lipinski definition) is 5. The van der Waals surface area contributed by atoms with Gasteiger partial charge in [-0.1, -0.05) is 13.8 Å². The maximum Gasteiger partial charge on any atom is 0.150 e. The molecule has 1 rings (SSSR count). The molecule has 1 aliphatic heterocycles. The van der Waals surface area contributed by atoms with Gasteiger partial charge in [-0.05, 0) is 24.7 Å². The first-order valence-electron chi connectivity index (χ1n) is 6.85. The molecule has 1 aliphatic rings. The molecular formula is C13H26O5S. The number of hydrogen-bond donors (Lipinski definition) is 2. The van der Waals surface area contributed by atoms with E-state index in [9.17, 15) is 18.6 Å². The van der Waals surface area contributed by atoms with Crippen molar-refractivity contribution in [1.82, 2.24) is 0 Å². The average molecular weight is 294 g/mol. The normalized spacial score (nSPS) is 23.1. The summed E-state index contributed by atoms with van der Waals surface area (Å²) in [6.07, 6.45) is 1.01. The summed E-state index contributed by atoms with van der Waals surface area (Å²) in [7, 11) is -3.01. The van der Waals surface area contributed by atoms with Crippen molar-refractivity contribution in [2.75, 3.05) is 37.9 Å². The van der Waals surface area contributed by atoms with Crippen molar-refractivity contribution in [3.63, 3.8) is 0 Å². The van der Waals surface area contributed by atoms with Crippen molar-refractivity contribution < 1.29 is 23.4 Å². The van der Waals surface area contributed by atoms with Crippen molar-refractivity contribution in [1.29, 1.82) is 0 Å². The smallest absolute Gasteiger partial charge is 0.150 e. The monoisotopic (exact) mass is 294 g/mol. The molecule has 0 aliphatic carbocycles. The van der Waals surface area contributed by atoms with Gasteiger partial charge < -0.3 is 14.9 Å². The van der Waals surface area contributed by atoms with Gasteiger partial charge in [-0.3, -0.25) is 0 Å². The predicted molar refractivity (Wildman–Crippen MR) is 73.6 cm³/mol. The molecule has 0 bridgehead atoms. The van der Waals surface area contributed by atoms with Crippen LogP contribution in [0.15, 0.2) is 0 Å². The maximum absolute atomic E-state index is 11.5. The quantitative estimate of drug-likeness (QED) is 0.635. The minimum Gasteiger partial charge on any atom is -0.396 e. The molecule has 0 aromatic rings. The molecule has 0 aromatic heterocycles. The third-order valence-corrected chi connectivity index (χ3v) is 5.69. The van der Waals surface area contributed by atoms with E-state index in [0.717, 1.165) is 0 Å². The SMILES string of the molecule is CC(C)COCCC(CO)(CO)C1CCS(=O)(=O)C1. The predicted octanol–water partition coefficient (Wildman–Crippen LogP) is 0.455. The van der Waals surface area contributed by atoms with E-state index in [2.05, 4.69) is 13.8 Å². The van der Waals surface area contributed by atoms with Gasteiger partial charge in [-0.2, -0.15) is 0 Å². The number of aliphatic hydroxyl groups excluding tert-OH is 2. The second-order valence-corrected chi connectivity index (χ2v) is 8.23. The second-order valence-electron chi connectivity index (χ2n) is 6.00. The van der Waals surface area contributed by atoms with Gasteiger partial charge in [-0.15, -0.1) is 0 Å².